The van der Waals surface area contributed by atoms with Crippen LogP contribution in [0.25, 0.3) is 22.9 Å². The first-order valence-corrected chi connectivity index (χ1v) is 19.3. The summed E-state index contributed by atoms with van der Waals surface area (Å²) in [6, 6.07) is 16.8. The first-order valence-electron chi connectivity index (χ1n) is 17.8. The Morgan fingerprint density at radius 2 is 1.40 bits per heavy atom. The molecule has 50 heavy (non-hydrogen) atoms. The number of nitrogens with zero attached hydrogens (tertiary/aromatic N) is 2. The van der Waals surface area contributed by atoms with Gasteiger partial charge in [0.2, 0.25) is 11.8 Å². The van der Waals surface area contributed by atoms with Crippen molar-refractivity contribution in [3.63, 3.8) is 0 Å². The van der Waals surface area contributed by atoms with Gasteiger partial charge >= 0.3 is 5.97 Å². The Morgan fingerprint density at radius 1 is 0.860 bits per heavy atom. The number of rotatable bonds is 15. The molecule has 10 heteroatoms. The van der Waals surface area contributed by atoms with Gasteiger partial charge in [-0.3, -0.25) is 0 Å². The number of carbonyl (C=O) groups is 1. The van der Waals surface area contributed by atoms with Crippen LogP contribution in [0.4, 0.5) is 0 Å². The van der Waals surface area contributed by atoms with Crippen LogP contribution < -0.4 is 0 Å². The summed E-state index contributed by atoms with van der Waals surface area (Å²) < 4.78 is 29.9. The minimum Gasteiger partial charge on any atom is -0.479 e. The van der Waals surface area contributed by atoms with Crippen LogP contribution >= 0.6 is 22.6 Å². The van der Waals surface area contributed by atoms with Gasteiger partial charge in [0, 0.05) is 28.6 Å². The average molecular weight is 801 g/mol. The molecular weight excluding hydrogens is 747 g/mol. The van der Waals surface area contributed by atoms with Crippen molar-refractivity contribution < 1.29 is 32.9 Å². The molecule has 1 aliphatic rings. The van der Waals surface area contributed by atoms with Crippen LogP contribution in [0.1, 0.15) is 113 Å². The standard InChI is InChI=1S/C26H37NO6.C14H16INO/c1-5-23-22(27-25(33-23)19-12-10-18(11-13-19)17(3)4)15-31-20-8-7-9-21(14-20)32-16-24(26(28)29)30-6-2;1-9(2)11-4-6-12(7-5-11)14-16-13(8-15)10(3)17-14/h10-13,17,20-21,24H,5-9,14-16H2,1-4H3,(H,28,29);4-7,9H,8H2,1-3H3/t20-,21+,24?;/m0./s1. The number of hydrogen-bond donors (Lipinski definition) is 1. The first-order chi connectivity index (χ1) is 24.0. The van der Waals surface area contributed by atoms with Crippen molar-refractivity contribution in [2.45, 2.75) is 122 Å². The zero-order valence-electron chi connectivity index (χ0n) is 30.5. The lowest BCUT2D eigenvalue weighted by Gasteiger charge is -2.29. The summed E-state index contributed by atoms with van der Waals surface area (Å²) >= 11 is 2.30. The molecule has 272 valence electrons. The summed E-state index contributed by atoms with van der Waals surface area (Å²) in [5.74, 6) is 3.17. The molecule has 2 heterocycles. The number of halogens is 1. The molecule has 1 aliphatic carbocycles. The zero-order chi connectivity index (χ0) is 36.2. The third-order valence-corrected chi connectivity index (χ3v) is 9.65. The number of hydrogen-bond acceptors (Lipinski definition) is 8. The van der Waals surface area contributed by atoms with E-state index in [1.165, 1.54) is 11.1 Å². The Morgan fingerprint density at radius 3 is 1.88 bits per heavy atom. The second kappa shape index (κ2) is 19.5. The Bertz CT molecular complexity index is 1610. The summed E-state index contributed by atoms with van der Waals surface area (Å²) in [7, 11) is 0. The van der Waals surface area contributed by atoms with Crippen LogP contribution in [0.5, 0.6) is 0 Å². The number of aromatic nitrogens is 2. The van der Waals surface area contributed by atoms with Gasteiger partial charge in [0.05, 0.1) is 31.1 Å². The van der Waals surface area contributed by atoms with Crippen LogP contribution in [-0.2, 0) is 36.5 Å². The first kappa shape index (κ1) is 39.7. The lowest BCUT2D eigenvalue weighted by atomic mass is 9.95. The summed E-state index contributed by atoms with van der Waals surface area (Å²) in [6.07, 6.45) is 3.43. The maximum absolute atomic E-state index is 11.3. The highest BCUT2D eigenvalue weighted by Crippen LogP contribution is 2.29. The molecule has 1 N–H and O–H groups in total. The fraction of sp³-hybridized carbons (Fsp3) is 0.525. The van der Waals surface area contributed by atoms with Crippen molar-refractivity contribution in [3.8, 4) is 22.9 Å². The fourth-order valence-electron chi connectivity index (χ4n) is 5.81. The normalized spacial score (nSPS) is 16.8. The van der Waals surface area contributed by atoms with Crippen LogP contribution in [0.3, 0.4) is 0 Å². The van der Waals surface area contributed by atoms with Gasteiger partial charge in [0.15, 0.2) is 6.10 Å². The molecule has 0 spiro atoms. The van der Waals surface area contributed by atoms with E-state index in [0.717, 1.165) is 76.5 Å². The number of aliphatic carboxylic acids is 1. The Kier molecular flexibility index (Phi) is 15.5. The number of ether oxygens (including phenoxy) is 3. The van der Waals surface area contributed by atoms with Crippen molar-refractivity contribution in [2.24, 2.45) is 0 Å². The van der Waals surface area contributed by atoms with E-state index in [-0.39, 0.29) is 18.8 Å². The maximum atomic E-state index is 11.3. The molecule has 0 aliphatic heterocycles. The molecule has 9 nitrogen and oxygen atoms in total. The van der Waals surface area contributed by atoms with E-state index < -0.39 is 12.1 Å². The summed E-state index contributed by atoms with van der Waals surface area (Å²) in [4.78, 5) is 20.5. The Balaban J connectivity index is 0.000000276. The lowest BCUT2D eigenvalue weighted by Crippen LogP contribution is -2.34. The van der Waals surface area contributed by atoms with Crippen molar-refractivity contribution >= 4 is 28.6 Å². The predicted molar refractivity (Wildman–Crippen MR) is 204 cm³/mol. The van der Waals surface area contributed by atoms with E-state index in [9.17, 15) is 9.90 Å². The number of carboxylic acids is 1. The highest BCUT2D eigenvalue weighted by atomic mass is 127. The van der Waals surface area contributed by atoms with Gasteiger partial charge in [-0.2, -0.15) is 0 Å². The van der Waals surface area contributed by atoms with E-state index in [4.69, 9.17) is 28.0 Å². The molecule has 3 atom stereocenters. The molecule has 1 fully saturated rings. The van der Waals surface area contributed by atoms with Crippen LogP contribution in [-0.4, -0.2) is 52.6 Å². The Hall–Kier alpha value is -3.06. The van der Waals surface area contributed by atoms with E-state index in [0.29, 0.717) is 30.9 Å². The van der Waals surface area contributed by atoms with E-state index in [2.05, 4.69) is 111 Å². The van der Waals surface area contributed by atoms with E-state index in [1.54, 1.807) is 6.92 Å². The van der Waals surface area contributed by atoms with Crippen molar-refractivity contribution in [3.05, 3.63) is 82.6 Å². The van der Waals surface area contributed by atoms with E-state index >= 15 is 0 Å². The summed E-state index contributed by atoms with van der Waals surface area (Å²) in [6.45, 7) is 15.3. The van der Waals surface area contributed by atoms with Crippen LogP contribution in [0.2, 0.25) is 0 Å². The zero-order valence-corrected chi connectivity index (χ0v) is 32.7. The fourth-order valence-corrected chi connectivity index (χ4v) is 6.52. The third kappa shape index (κ3) is 11.2. The monoisotopic (exact) mass is 800 g/mol. The van der Waals surface area contributed by atoms with Gasteiger partial charge in [0.25, 0.3) is 0 Å². The molecule has 2 aromatic carbocycles. The molecule has 4 aromatic rings. The molecule has 1 unspecified atom stereocenters. The van der Waals surface area contributed by atoms with Crippen molar-refractivity contribution in [1.29, 1.82) is 0 Å². The quantitative estimate of drug-likeness (QED) is 0.0926. The Labute approximate surface area is 310 Å². The lowest BCUT2D eigenvalue weighted by molar-refractivity contribution is -0.157. The summed E-state index contributed by atoms with van der Waals surface area (Å²) in [5, 5.41) is 9.22. The van der Waals surface area contributed by atoms with Gasteiger partial charge in [0.1, 0.15) is 17.2 Å². The number of carboxylic acid groups (broad SMARTS) is 1. The molecular formula is C40H53IN2O7. The number of alkyl halides is 1. The molecule has 0 saturated heterocycles. The molecule has 5 rings (SSSR count). The predicted octanol–water partition coefficient (Wildman–Crippen LogP) is 10.1. The second-order valence-electron chi connectivity index (χ2n) is 13.3. The number of benzene rings is 2. The maximum Gasteiger partial charge on any atom is 0.335 e. The average Bonchev–Trinajstić information content (AvgIpc) is 3.72. The molecule has 2 aromatic heterocycles. The summed E-state index contributed by atoms with van der Waals surface area (Å²) in [5.41, 5.74) is 6.52. The van der Waals surface area contributed by atoms with Crippen molar-refractivity contribution in [1.82, 2.24) is 9.97 Å². The van der Waals surface area contributed by atoms with Crippen LogP contribution in [0, 0.1) is 6.92 Å². The SMILES string of the molecule is CCOC(CO[C@@H]1CCC[C@H](OCc2nc(-c3ccc(C(C)C)cc3)oc2CC)C1)C(=O)O.Cc1oc(-c2ccc(C(C)C)cc2)nc1CI. The third-order valence-electron chi connectivity index (χ3n) is 8.93. The minimum absolute atomic E-state index is 0.0240. The molecule has 1 saturated carbocycles. The topological polar surface area (TPSA) is 117 Å². The highest BCUT2D eigenvalue weighted by molar-refractivity contribution is 14.1. The van der Waals surface area contributed by atoms with Gasteiger partial charge in [-0.1, -0.05) is 81.5 Å². The number of aryl methyl sites for hydroxylation is 2. The van der Waals surface area contributed by atoms with E-state index in [1.807, 2.05) is 6.92 Å². The second-order valence-corrected chi connectivity index (χ2v) is 14.1. The minimum atomic E-state index is -0.992. The van der Waals surface area contributed by atoms with Gasteiger partial charge < -0.3 is 28.2 Å². The molecule has 0 amide bonds. The smallest absolute Gasteiger partial charge is 0.335 e. The van der Waals surface area contributed by atoms with Crippen molar-refractivity contribution in [2.75, 3.05) is 13.2 Å². The molecule has 0 radical (unpaired) electrons. The largest absolute Gasteiger partial charge is 0.479 e. The number of oxazole rings is 2. The highest BCUT2D eigenvalue weighted by Gasteiger charge is 2.27. The van der Waals surface area contributed by atoms with Gasteiger partial charge in [-0.15, -0.1) is 0 Å². The van der Waals surface area contributed by atoms with Gasteiger partial charge in [-0.05, 0) is 86.8 Å². The molecule has 0 bridgehead atoms. The van der Waals surface area contributed by atoms with Crippen LogP contribution in [0.15, 0.2) is 57.4 Å². The van der Waals surface area contributed by atoms with Gasteiger partial charge in [-0.25, -0.2) is 14.8 Å².